The smallest absolute Gasteiger partial charge is 0.00860 e. The Labute approximate surface area is 64.0 Å². The van der Waals surface area contributed by atoms with Crippen LogP contribution >= 0.6 is 0 Å². The van der Waals surface area contributed by atoms with Crippen LogP contribution in [0, 0.1) is 12.3 Å². The fourth-order valence-electron chi connectivity index (χ4n) is 0.902. The Morgan fingerprint density at radius 1 is 1.00 bits per heavy atom. The van der Waals surface area contributed by atoms with Gasteiger partial charge in [-0.05, 0) is 19.4 Å². The quantitative estimate of drug-likeness (QED) is 0.441. The predicted molar refractivity (Wildman–Crippen MR) is 45.6 cm³/mol. The van der Waals surface area contributed by atoms with Crippen molar-refractivity contribution in [1.29, 1.82) is 0 Å². The van der Waals surface area contributed by atoms with Crippen molar-refractivity contribution in [1.82, 2.24) is 0 Å². The van der Waals surface area contributed by atoms with Crippen LogP contribution in [0.25, 0.3) is 0 Å². The summed E-state index contributed by atoms with van der Waals surface area (Å²) in [5.74, 6) is 2.63. The number of nitrogens with two attached hydrogens (primary N) is 1. The molecule has 0 unspecified atom stereocenters. The Morgan fingerprint density at radius 2 is 1.60 bits per heavy atom. The van der Waals surface area contributed by atoms with E-state index in [2.05, 4.69) is 5.92 Å². The monoisotopic (exact) mass is 139 g/mol. The first kappa shape index (κ1) is 9.52. The van der Waals surface area contributed by atoms with Gasteiger partial charge in [0, 0.05) is 6.42 Å². The van der Waals surface area contributed by atoms with Crippen molar-refractivity contribution >= 4 is 0 Å². The summed E-state index contributed by atoms with van der Waals surface area (Å²) in [5, 5.41) is 0. The largest absolute Gasteiger partial charge is 0.330 e. The van der Waals surface area contributed by atoms with E-state index in [1.165, 1.54) is 25.7 Å². The van der Waals surface area contributed by atoms with E-state index in [-0.39, 0.29) is 0 Å². The van der Waals surface area contributed by atoms with Crippen molar-refractivity contribution in [2.75, 3.05) is 6.54 Å². The minimum absolute atomic E-state index is 0.829. The third-order valence-electron chi connectivity index (χ3n) is 1.53. The molecule has 0 spiro atoms. The van der Waals surface area contributed by atoms with E-state index in [0.717, 1.165) is 19.4 Å². The van der Waals surface area contributed by atoms with Crippen LogP contribution in [0.5, 0.6) is 0 Å². The second-order valence-corrected chi connectivity index (χ2v) is 2.51. The van der Waals surface area contributed by atoms with Gasteiger partial charge in [0.2, 0.25) is 0 Å². The molecule has 0 amide bonds. The topological polar surface area (TPSA) is 26.0 Å². The molecule has 0 heterocycles. The summed E-state index contributed by atoms with van der Waals surface area (Å²) in [5.41, 5.74) is 5.34. The van der Waals surface area contributed by atoms with Crippen molar-refractivity contribution in [2.45, 2.75) is 38.5 Å². The normalized spacial score (nSPS) is 9.20. The zero-order valence-corrected chi connectivity index (χ0v) is 6.60. The number of hydrogen-bond acceptors (Lipinski definition) is 1. The van der Waals surface area contributed by atoms with E-state index in [4.69, 9.17) is 12.2 Å². The SMILES string of the molecule is C#CCCCCCCCN. The second kappa shape index (κ2) is 8.52. The van der Waals surface area contributed by atoms with Crippen LogP contribution in [0.3, 0.4) is 0 Å². The van der Waals surface area contributed by atoms with Crippen molar-refractivity contribution in [3.63, 3.8) is 0 Å². The molecule has 1 heteroatoms. The molecule has 0 atom stereocenters. The first-order valence-corrected chi connectivity index (χ1v) is 4.05. The summed E-state index contributed by atoms with van der Waals surface area (Å²) >= 11 is 0. The van der Waals surface area contributed by atoms with Crippen molar-refractivity contribution < 1.29 is 0 Å². The van der Waals surface area contributed by atoms with Crippen LogP contribution in [-0.4, -0.2) is 6.54 Å². The Bertz CT molecular complexity index is 91.4. The molecule has 0 saturated heterocycles. The van der Waals surface area contributed by atoms with E-state index in [1.807, 2.05) is 0 Å². The van der Waals surface area contributed by atoms with Gasteiger partial charge >= 0.3 is 0 Å². The maximum absolute atomic E-state index is 5.34. The summed E-state index contributed by atoms with van der Waals surface area (Å²) in [6.45, 7) is 0.829. The summed E-state index contributed by atoms with van der Waals surface area (Å²) < 4.78 is 0. The molecule has 0 aliphatic heterocycles. The van der Waals surface area contributed by atoms with E-state index in [0.29, 0.717) is 0 Å². The Hall–Kier alpha value is -0.480. The second-order valence-electron chi connectivity index (χ2n) is 2.51. The van der Waals surface area contributed by atoms with Crippen molar-refractivity contribution in [2.24, 2.45) is 5.73 Å². The lowest BCUT2D eigenvalue weighted by molar-refractivity contribution is 0.625. The first-order chi connectivity index (χ1) is 4.91. The van der Waals surface area contributed by atoms with E-state index in [9.17, 15) is 0 Å². The lowest BCUT2D eigenvalue weighted by Crippen LogP contribution is -1.97. The Morgan fingerprint density at radius 3 is 2.20 bits per heavy atom. The molecular formula is C9H17N. The third-order valence-corrected chi connectivity index (χ3v) is 1.53. The lowest BCUT2D eigenvalue weighted by atomic mass is 10.1. The predicted octanol–water partition coefficient (Wildman–Crippen LogP) is 1.92. The van der Waals surface area contributed by atoms with Gasteiger partial charge in [-0.25, -0.2) is 0 Å². The van der Waals surface area contributed by atoms with E-state index < -0.39 is 0 Å². The van der Waals surface area contributed by atoms with Gasteiger partial charge in [-0.1, -0.05) is 19.3 Å². The highest BCUT2D eigenvalue weighted by Crippen LogP contribution is 2.03. The van der Waals surface area contributed by atoms with Crippen LogP contribution < -0.4 is 5.73 Å². The van der Waals surface area contributed by atoms with Gasteiger partial charge in [-0.2, -0.15) is 0 Å². The minimum atomic E-state index is 0.829. The van der Waals surface area contributed by atoms with Gasteiger partial charge in [0.25, 0.3) is 0 Å². The van der Waals surface area contributed by atoms with Gasteiger partial charge in [0.05, 0.1) is 0 Å². The summed E-state index contributed by atoms with van der Waals surface area (Å²) in [7, 11) is 0. The maximum Gasteiger partial charge on any atom is 0.00860 e. The molecule has 0 aromatic heterocycles. The molecule has 2 N–H and O–H groups in total. The maximum atomic E-state index is 5.34. The van der Waals surface area contributed by atoms with Gasteiger partial charge in [-0.15, -0.1) is 12.3 Å². The molecule has 0 aromatic carbocycles. The molecule has 0 fully saturated rings. The summed E-state index contributed by atoms with van der Waals surface area (Å²) in [6, 6.07) is 0. The number of terminal acetylenes is 1. The van der Waals surface area contributed by atoms with Crippen LogP contribution in [0.4, 0.5) is 0 Å². The number of unbranched alkanes of at least 4 members (excludes halogenated alkanes) is 5. The molecule has 0 rings (SSSR count). The molecular weight excluding hydrogens is 122 g/mol. The average Bonchev–Trinajstić information content (AvgIpc) is 1.97. The minimum Gasteiger partial charge on any atom is -0.330 e. The zero-order chi connectivity index (χ0) is 7.66. The first-order valence-electron chi connectivity index (χ1n) is 4.05. The number of rotatable bonds is 6. The molecule has 1 nitrogen and oxygen atoms in total. The van der Waals surface area contributed by atoms with E-state index >= 15 is 0 Å². The van der Waals surface area contributed by atoms with Gasteiger partial charge in [0.1, 0.15) is 0 Å². The Kier molecular flexibility index (Phi) is 8.11. The fraction of sp³-hybridized carbons (Fsp3) is 0.778. The average molecular weight is 139 g/mol. The molecule has 58 valence electrons. The third kappa shape index (κ3) is 7.52. The molecule has 10 heavy (non-hydrogen) atoms. The van der Waals surface area contributed by atoms with Crippen LogP contribution in [0.15, 0.2) is 0 Å². The van der Waals surface area contributed by atoms with Crippen molar-refractivity contribution in [3.05, 3.63) is 0 Å². The molecule has 0 aliphatic carbocycles. The summed E-state index contributed by atoms with van der Waals surface area (Å²) in [4.78, 5) is 0. The number of hydrogen-bond donors (Lipinski definition) is 1. The van der Waals surface area contributed by atoms with E-state index in [1.54, 1.807) is 0 Å². The van der Waals surface area contributed by atoms with Crippen LogP contribution in [-0.2, 0) is 0 Å². The van der Waals surface area contributed by atoms with Crippen molar-refractivity contribution in [3.8, 4) is 12.3 Å². The molecule has 0 saturated carbocycles. The van der Waals surface area contributed by atoms with Gasteiger partial charge in [0.15, 0.2) is 0 Å². The van der Waals surface area contributed by atoms with Gasteiger partial charge < -0.3 is 5.73 Å². The summed E-state index contributed by atoms with van der Waals surface area (Å²) in [6.07, 6.45) is 12.2. The molecule has 0 bridgehead atoms. The zero-order valence-electron chi connectivity index (χ0n) is 6.60. The van der Waals surface area contributed by atoms with Gasteiger partial charge in [-0.3, -0.25) is 0 Å². The highest BCUT2D eigenvalue weighted by Gasteiger charge is 1.86. The highest BCUT2D eigenvalue weighted by molar-refractivity contribution is 4.82. The van der Waals surface area contributed by atoms with Crippen LogP contribution in [0.2, 0.25) is 0 Å². The van der Waals surface area contributed by atoms with Crippen LogP contribution in [0.1, 0.15) is 38.5 Å². The highest BCUT2D eigenvalue weighted by atomic mass is 14.5. The standard InChI is InChI=1S/C9H17N/c1-2-3-4-5-6-7-8-9-10/h1H,3-10H2. The fourth-order valence-corrected chi connectivity index (χ4v) is 0.902. The molecule has 0 aliphatic rings. The Balaban J connectivity index is 2.72. The lowest BCUT2D eigenvalue weighted by Gasteiger charge is -1.96. The molecule has 0 aromatic rings. The molecule has 0 radical (unpaired) electrons.